The van der Waals surface area contributed by atoms with E-state index in [1.807, 2.05) is 21.0 Å². The minimum Gasteiger partial charge on any atom is -0.506 e. The van der Waals surface area contributed by atoms with Crippen LogP contribution in [0.3, 0.4) is 0 Å². The van der Waals surface area contributed by atoms with Crippen LogP contribution in [0.5, 0.6) is 5.75 Å². The highest BCUT2D eigenvalue weighted by atomic mass is 35.5. The Morgan fingerprint density at radius 1 is 1.33 bits per heavy atom. The number of rotatable bonds is 5. The van der Waals surface area contributed by atoms with E-state index >= 15 is 0 Å². The lowest BCUT2D eigenvalue weighted by Crippen LogP contribution is -2.20. The zero-order valence-electron chi connectivity index (χ0n) is 15.7. The molecule has 0 bridgehead atoms. The largest absolute Gasteiger partial charge is 0.506 e. The van der Waals surface area contributed by atoms with Gasteiger partial charge in [-0.25, -0.2) is 9.78 Å². The van der Waals surface area contributed by atoms with E-state index in [-0.39, 0.29) is 12.4 Å². The topological polar surface area (TPSA) is 111 Å². The summed E-state index contributed by atoms with van der Waals surface area (Å²) in [6, 6.07) is 0. The van der Waals surface area contributed by atoms with Gasteiger partial charge in [0.2, 0.25) is 0 Å². The number of aromatic nitrogens is 3. The number of aryl methyl sites for hydroxylation is 1. The Hall–Kier alpha value is -2.32. The molecule has 27 heavy (non-hydrogen) atoms. The highest BCUT2D eigenvalue weighted by molar-refractivity contribution is 5.92. The van der Waals surface area contributed by atoms with E-state index in [0.29, 0.717) is 23.4 Å². The van der Waals surface area contributed by atoms with Crippen molar-refractivity contribution in [1.29, 1.82) is 0 Å². The second-order valence-corrected chi connectivity index (χ2v) is 6.95. The number of nitrogens with zero attached hydrogens (tertiary/aromatic N) is 3. The summed E-state index contributed by atoms with van der Waals surface area (Å²) in [4.78, 5) is 32.9. The third-order valence-corrected chi connectivity index (χ3v) is 4.83. The number of H-pyrrole nitrogens is 1. The van der Waals surface area contributed by atoms with Crippen molar-refractivity contribution in [2.45, 2.75) is 39.2 Å². The molecule has 0 fully saturated rings. The lowest BCUT2D eigenvalue weighted by atomic mass is 10.0. The molecular formula is C18H25ClN4O4. The maximum atomic E-state index is 12.2. The molecular weight excluding hydrogens is 372 g/mol. The van der Waals surface area contributed by atoms with Gasteiger partial charge in [0.1, 0.15) is 17.3 Å². The van der Waals surface area contributed by atoms with E-state index in [2.05, 4.69) is 19.4 Å². The Balaban J connectivity index is 0.00000261. The maximum Gasteiger partial charge on any atom is 0.345 e. The first-order valence-corrected chi connectivity index (χ1v) is 8.73. The predicted molar refractivity (Wildman–Crippen MR) is 104 cm³/mol. The number of aromatic carboxylic acids is 1. The number of aromatic amines is 1. The van der Waals surface area contributed by atoms with Crippen LogP contribution in [0.15, 0.2) is 4.79 Å². The molecule has 2 aromatic rings. The van der Waals surface area contributed by atoms with E-state index in [1.165, 1.54) is 0 Å². The van der Waals surface area contributed by atoms with Crippen molar-refractivity contribution in [2.75, 3.05) is 20.6 Å². The lowest BCUT2D eigenvalue weighted by molar-refractivity contribution is 0.0691. The summed E-state index contributed by atoms with van der Waals surface area (Å²) in [6.45, 7) is 3.71. The molecule has 9 heteroatoms. The van der Waals surface area contributed by atoms with Crippen LogP contribution < -0.4 is 5.56 Å². The second-order valence-electron chi connectivity index (χ2n) is 6.95. The van der Waals surface area contributed by atoms with Gasteiger partial charge in [0, 0.05) is 17.8 Å². The number of carboxylic acids is 1. The van der Waals surface area contributed by atoms with Crippen molar-refractivity contribution in [1.82, 2.24) is 19.4 Å². The van der Waals surface area contributed by atoms with Gasteiger partial charge in [-0.1, -0.05) is 0 Å². The van der Waals surface area contributed by atoms with Gasteiger partial charge in [-0.15, -0.1) is 12.4 Å². The Morgan fingerprint density at radius 2 is 2.04 bits per heavy atom. The Bertz CT molecular complexity index is 917. The SMILES string of the molecule is Cc1nc2c(n1CCCN(C)C)CCCc1c-2[nH]c(=O)c(C(=O)O)c1O.Cl. The van der Waals surface area contributed by atoms with Crippen molar-refractivity contribution >= 4 is 18.4 Å². The van der Waals surface area contributed by atoms with E-state index in [1.54, 1.807) is 0 Å². The number of hydrogen-bond acceptors (Lipinski definition) is 5. The van der Waals surface area contributed by atoms with Crippen LogP contribution in [-0.4, -0.2) is 56.3 Å². The van der Waals surface area contributed by atoms with Gasteiger partial charge in [-0.05, 0) is 53.2 Å². The highest BCUT2D eigenvalue weighted by Crippen LogP contribution is 2.35. The van der Waals surface area contributed by atoms with Gasteiger partial charge in [0.15, 0.2) is 5.56 Å². The molecule has 1 aliphatic carbocycles. The summed E-state index contributed by atoms with van der Waals surface area (Å²) in [5.41, 5.74) is 1.16. The fourth-order valence-electron chi connectivity index (χ4n) is 3.61. The number of halogens is 1. The number of nitrogens with one attached hydrogen (secondary N) is 1. The minimum atomic E-state index is -1.43. The third-order valence-electron chi connectivity index (χ3n) is 4.83. The summed E-state index contributed by atoms with van der Waals surface area (Å²) in [5, 5.41) is 19.6. The molecule has 0 unspecified atom stereocenters. The molecule has 8 nitrogen and oxygen atoms in total. The van der Waals surface area contributed by atoms with Crippen LogP contribution in [0.2, 0.25) is 0 Å². The standard InChI is InChI=1S/C18H24N4O4.ClH/c1-10-19-15-12(22(10)9-5-8-21(2)3)7-4-6-11-14(15)20-17(24)13(16(11)23)18(25)26;/h4-9H2,1-3H3,(H,25,26)(H2,20,23,24);1H. The smallest absolute Gasteiger partial charge is 0.345 e. The summed E-state index contributed by atoms with van der Waals surface area (Å²) in [6.07, 6.45) is 2.97. The van der Waals surface area contributed by atoms with Crippen molar-refractivity contribution in [3.63, 3.8) is 0 Å². The van der Waals surface area contributed by atoms with E-state index in [0.717, 1.165) is 43.9 Å². The van der Waals surface area contributed by atoms with Crippen molar-refractivity contribution in [3.05, 3.63) is 33.0 Å². The molecule has 3 rings (SSSR count). The molecule has 0 aromatic carbocycles. The molecule has 1 aliphatic rings. The number of carboxylic acid groups (broad SMARTS) is 1. The van der Waals surface area contributed by atoms with Crippen LogP contribution in [0.1, 0.15) is 40.3 Å². The van der Waals surface area contributed by atoms with Gasteiger partial charge in [-0.3, -0.25) is 4.79 Å². The second kappa shape index (κ2) is 8.14. The van der Waals surface area contributed by atoms with Crippen LogP contribution in [0, 0.1) is 6.92 Å². The molecule has 0 radical (unpaired) electrons. The normalized spacial score (nSPS) is 12.9. The number of hydrogen-bond donors (Lipinski definition) is 3. The van der Waals surface area contributed by atoms with Gasteiger partial charge < -0.3 is 24.7 Å². The fraction of sp³-hybridized carbons (Fsp3) is 0.500. The van der Waals surface area contributed by atoms with Gasteiger partial charge in [-0.2, -0.15) is 0 Å². The number of imidazole rings is 1. The Morgan fingerprint density at radius 3 is 2.67 bits per heavy atom. The average Bonchev–Trinajstić information content (AvgIpc) is 2.73. The molecule has 0 aliphatic heterocycles. The third kappa shape index (κ3) is 3.86. The highest BCUT2D eigenvalue weighted by Gasteiger charge is 2.28. The van der Waals surface area contributed by atoms with Crippen molar-refractivity contribution < 1.29 is 15.0 Å². The monoisotopic (exact) mass is 396 g/mol. The molecule has 0 atom stereocenters. The Labute approximate surface area is 163 Å². The molecule has 0 spiro atoms. The summed E-state index contributed by atoms with van der Waals surface area (Å²) in [5.74, 6) is -1.02. The summed E-state index contributed by atoms with van der Waals surface area (Å²) < 4.78 is 2.16. The van der Waals surface area contributed by atoms with E-state index in [4.69, 9.17) is 0 Å². The Kier molecular flexibility index (Phi) is 6.33. The number of carbonyl (C=O) groups is 1. The van der Waals surface area contributed by atoms with Gasteiger partial charge in [0.25, 0.3) is 5.56 Å². The molecule has 148 valence electrons. The first kappa shape index (κ1) is 21.0. The van der Waals surface area contributed by atoms with E-state index in [9.17, 15) is 19.8 Å². The summed E-state index contributed by atoms with van der Waals surface area (Å²) in [7, 11) is 4.07. The van der Waals surface area contributed by atoms with Crippen LogP contribution >= 0.6 is 12.4 Å². The molecule has 3 N–H and O–H groups in total. The van der Waals surface area contributed by atoms with Crippen molar-refractivity contribution in [3.8, 4) is 17.1 Å². The zero-order valence-corrected chi connectivity index (χ0v) is 16.5. The maximum absolute atomic E-state index is 12.2. The molecule has 0 saturated heterocycles. The zero-order chi connectivity index (χ0) is 19.0. The fourth-order valence-corrected chi connectivity index (χ4v) is 3.61. The number of pyridine rings is 1. The van der Waals surface area contributed by atoms with Crippen LogP contribution in [0.4, 0.5) is 0 Å². The first-order chi connectivity index (χ1) is 12.3. The lowest BCUT2D eigenvalue weighted by Gasteiger charge is -2.13. The number of fused-ring (bicyclic) bond motifs is 3. The van der Waals surface area contributed by atoms with Gasteiger partial charge in [0.05, 0.1) is 5.69 Å². The summed E-state index contributed by atoms with van der Waals surface area (Å²) >= 11 is 0. The average molecular weight is 397 g/mol. The quantitative estimate of drug-likeness (QED) is 0.710. The molecule has 0 saturated carbocycles. The van der Waals surface area contributed by atoms with E-state index < -0.39 is 22.8 Å². The molecule has 2 aromatic heterocycles. The predicted octanol–water partition coefficient (Wildman–Crippen LogP) is 1.81. The minimum absolute atomic E-state index is 0. The van der Waals surface area contributed by atoms with Crippen LogP contribution in [-0.2, 0) is 19.4 Å². The van der Waals surface area contributed by atoms with Crippen LogP contribution in [0.25, 0.3) is 11.4 Å². The molecule has 0 amide bonds. The molecule has 2 heterocycles. The van der Waals surface area contributed by atoms with Crippen molar-refractivity contribution in [2.24, 2.45) is 0 Å². The van der Waals surface area contributed by atoms with Gasteiger partial charge >= 0.3 is 5.97 Å². The number of aromatic hydroxyl groups is 1. The first-order valence-electron chi connectivity index (χ1n) is 8.73.